The molecule has 156 valence electrons. The van der Waals surface area contributed by atoms with Crippen molar-refractivity contribution in [2.45, 2.75) is 65.0 Å². The van der Waals surface area contributed by atoms with Gasteiger partial charge < -0.3 is 30.6 Å². The topological polar surface area (TPSA) is 132 Å². The summed E-state index contributed by atoms with van der Waals surface area (Å²) in [6.45, 7) is 8.47. The Hall–Kier alpha value is -2.16. The lowest BCUT2D eigenvalue weighted by molar-refractivity contribution is -0.123. The number of hydrogen-bond acceptors (Lipinski definition) is 6. The highest BCUT2D eigenvalue weighted by atomic mass is 16.6. The third-order valence-electron chi connectivity index (χ3n) is 3.20. The fourth-order valence-corrected chi connectivity index (χ4v) is 2.04. The van der Waals surface area contributed by atoms with Crippen LogP contribution in [0.25, 0.3) is 0 Å². The van der Waals surface area contributed by atoms with Crippen molar-refractivity contribution < 1.29 is 23.9 Å². The SMILES string of the molecule is CC(N)=NCCCCC(NC(=O)OC(C)(C)C)C(=O)NCCOCCC=O. The molecule has 9 nitrogen and oxygen atoms in total. The molecular formula is C18H34N4O5. The lowest BCUT2D eigenvalue weighted by Crippen LogP contribution is -2.48. The van der Waals surface area contributed by atoms with Gasteiger partial charge in [-0.25, -0.2) is 4.79 Å². The number of carbonyl (C=O) groups is 3. The molecule has 0 aromatic heterocycles. The largest absolute Gasteiger partial charge is 0.444 e. The molecule has 0 aliphatic carbocycles. The molecule has 0 aromatic carbocycles. The number of aliphatic imine (C=N–C) groups is 1. The van der Waals surface area contributed by atoms with Crippen LogP contribution in [0.2, 0.25) is 0 Å². The van der Waals surface area contributed by atoms with Gasteiger partial charge in [0.2, 0.25) is 5.91 Å². The second kappa shape index (κ2) is 14.0. The summed E-state index contributed by atoms with van der Waals surface area (Å²) >= 11 is 0. The van der Waals surface area contributed by atoms with E-state index in [1.807, 2.05) is 0 Å². The number of amidine groups is 1. The number of unbranched alkanes of at least 4 members (excludes halogenated alkanes) is 1. The number of hydrogen-bond donors (Lipinski definition) is 3. The Labute approximate surface area is 161 Å². The Balaban J connectivity index is 4.47. The number of nitrogens with zero attached hydrogens (tertiary/aromatic N) is 1. The maximum atomic E-state index is 12.4. The molecule has 0 heterocycles. The summed E-state index contributed by atoms with van der Waals surface area (Å²) < 4.78 is 10.4. The molecule has 0 rings (SSSR count). The lowest BCUT2D eigenvalue weighted by Gasteiger charge is -2.23. The van der Waals surface area contributed by atoms with Gasteiger partial charge in [-0.05, 0) is 47.0 Å². The average Bonchev–Trinajstić information content (AvgIpc) is 2.54. The summed E-state index contributed by atoms with van der Waals surface area (Å²) in [4.78, 5) is 38.7. The van der Waals surface area contributed by atoms with Crippen LogP contribution in [0.15, 0.2) is 4.99 Å². The minimum absolute atomic E-state index is 0.293. The van der Waals surface area contributed by atoms with Gasteiger partial charge in [-0.2, -0.15) is 0 Å². The van der Waals surface area contributed by atoms with Gasteiger partial charge in [0.25, 0.3) is 0 Å². The third kappa shape index (κ3) is 15.8. The van der Waals surface area contributed by atoms with Crippen molar-refractivity contribution in [3.05, 3.63) is 0 Å². The first kappa shape index (κ1) is 24.8. The van der Waals surface area contributed by atoms with E-state index in [1.165, 1.54) is 0 Å². The van der Waals surface area contributed by atoms with Crippen LogP contribution in [0.3, 0.4) is 0 Å². The summed E-state index contributed by atoms with van der Waals surface area (Å²) in [5, 5.41) is 5.33. The van der Waals surface area contributed by atoms with Crippen LogP contribution in [0, 0.1) is 0 Å². The molecule has 0 fully saturated rings. The number of rotatable bonds is 13. The molecule has 27 heavy (non-hydrogen) atoms. The first-order valence-electron chi connectivity index (χ1n) is 9.21. The van der Waals surface area contributed by atoms with Gasteiger partial charge in [0.15, 0.2) is 0 Å². The van der Waals surface area contributed by atoms with Crippen LogP contribution >= 0.6 is 0 Å². The predicted molar refractivity (Wildman–Crippen MR) is 104 cm³/mol. The zero-order chi connectivity index (χ0) is 20.7. The molecule has 4 N–H and O–H groups in total. The number of alkyl carbamates (subject to hydrolysis) is 1. The molecule has 0 aromatic rings. The molecule has 0 radical (unpaired) electrons. The van der Waals surface area contributed by atoms with Crippen LogP contribution in [0.1, 0.15) is 53.4 Å². The second-order valence-electron chi connectivity index (χ2n) is 7.08. The van der Waals surface area contributed by atoms with Crippen molar-refractivity contribution in [1.29, 1.82) is 0 Å². The maximum Gasteiger partial charge on any atom is 0.408 e. The van der Waals surface area contributed by atoms with Crippen LogP contribution in [-0.2, 0) is 19.1 Å². The van der Waals surface area contributed by atoms with Crippen molar-refractivity contribution in [2.24, 2.45) is 10.7 Å². The summed E-state index contributed by atoms with van der Waals surface area (Å²) in [5.41, 5.74) is 4.84. The zero-order valence-electron chi connectivity index (χ0n) is 16.9. The molecule has 0 saturated heterocycles. The Morgan fingerprint density at radius 1 is 1.22 bits per heavy atom. The fraction of sp³-hybridized carbons (Fsp3) is 0.778. The van der Waals surface area contributed by atoms with Gasteiger partial charge in [-0.15, -0.1) is 0 Å². The minimum Gasteiger partial charge on any atom is -0.444 e. The highest BCUT2D eigenvalue weighted by molar-refractivity contribution is 5.85. The van der Waals surface area contributed by atoms with E-state index in [0.717, 1.165) is 12.7 Å². The van der Waals surface area contributed by atoms with Crippen molar-refractivity contribution in [3.8, 4) is 0 Å². The molecular weight excluding hydrogens is 352 g/mol. The molecule has 0 aliphatic heterocycles. The number of amides is 2. The van der Waals surface area contributed by atoms with Crippen LogP contribution in [0.5, 0.6) is 0 Å². The van der Waals surface area contributed by atoms with Crippen molar-refractivity contribution in [2.75, 3.05) is 26.3 Å². The molecule has 0 bridgehead atoms. The maximum absolute atomic E-state index is 12.4. The Kier molecular flexibility index (Phi) is 12.8. The van der Waals surface area contributed by atoms with E-state index in [0.29, 0.717) is 51.4 Å². The standard InChI is InChI=1S/C18H34N4O5/c1-14(19)20-9-6-5-8-15(22-17(25)27-18(2,3)4)16(24)21-10-13-26-12-7-11-23/h11,15H,5-10,12-13H2,1-4H3,(H2,19,20)(H,21,24)(H,22,25). The third-order valence-corrected chi connectivity index (χ3v) is 3.20. The lowest BCUT2D eigenvalue weighted by atomic mass is 10.1. The summed E-state index contributed by atoms with van der Waals surface area (Å²) in [6.07, 6.45) is 2.36. The second-order valence-corrected chi connectivity index (χ2v) is 7.08. The highest BCUT2D eigenvalue weighted by Gasteiger charge is 2.23. The van der Waals surface area contributed by atoms with Crippen molar-refractivity contribution in [3.63, 3.8) is 0 Å². The van der Waals surface area contributed by atoms with Gasteiger partial charge in [-0.3, -0.25) is 9.79 Å². The molecule has 2 amide bonds. The number of nitrogens with two attached hydrogens (primary N) is 1. The van der Waals surface area contributed by atoms with Crippen molar-refractivity contribution >= 4 is 24.1 Å². The number of aldehydes is 1. The quantitative estimate of drug-likeness (QED) is 0.188. The van der Waals surface area contributed by atoms with Gasteiger partial charge in [0, 0.05) is 19.5 Å². The summed E-state index contributed by atoms with van der Waals surface area (Å²) in [6, 6.07) is -0.710. The van der Waals surface area contributed by atoms with Crippen molar-refractivity contribution in [1.82, 2.24) is 10.6 Å². The summed E-state index contributed by atoms with van der Waals surface area (Å²) in [7, 11) is 0. The van der Waals surface area contributed by atoms with Gasteiger partial charge in [0.1, 0.15) is 17.9 Å². The van der Waals surface area contributed by atoms with E-state index in [2.05, 4.69) is 15.6 Å². The van der Waals surface area contributed by atoms with E-state index in [9.17, 15) is 14.4 Å². The fourth-order valence-electron chi connectivity index (χ4n) is 2.04. The van der Waals surface area contributed by atoms with Crippen LogP contribution < -0.4 is 16.4 Å². The number of carbonyl (C=O) groups excluding carboxylic acids is 3. The van der Waals surface area contributed by atoms with Gasteiger partial charge >= 0.3 is 6.09 Å². The average molecular weight is 386 g/mol. The van der Waals surface area contributed by atoms with E-state index in [-0.39, 0.29) is 5.91 Å². The molecule has 1 unspecified atom stereocenters. The van der Waals surface area contributed by atoms with Crippen LogP contribution in [-0.4, -0.2) is 62.1 Å². The molecule has 0 spiro atoms. The first-order chi connectivity index (χ1) is 12.7. The monoisotopic (exact) mass is 386 g/mol. The van der Waals surface area contributed by atoms with E-state index in [4.69, 9.17) is 15.2 Å². The normalized spacial score (nSPS) is 13.0. The van der Waals surface area contributed by atoms with Gasteiger partial charge in [-0.1, -0.05) is 0 Å². The zero-order valence-corrected chi connectivity index (χ0v) is 16.9. The first-order valence-corrected chi connectivity index (χ1v) is 9.21. The number of ether oxygens (including phenoxy) is 2. The van der Waals surface area contributed by atoms with Gasteiger partial charge in [0.05, 0.1) is 19.0 Å². The van der Waals surface area contributed by atoms with E-state index in [1.54, 1.807) is 27.7 Å². The predicted octanol–water partition coefficient (Wildman–Crippen LogP) is 1.15. The molecule has 1 atom stereocenters. The minimum atomic E-state index is -0.710. The molecule has 0 aliphatic rings. The molecule has 9 heteroatoms. The summed E-state index contributed by atoms with van der Waals surface area (Å²) in [5.74, 6) is 0.212. The smallest absolute Gasteiger partial charge is 0.408 e. The Morgan fingerprint density at radius 2 is 1.93 bits per heavy atom. The highest BCUT2D eigenvalue weighted by Crippen LogP contribution is 2.08. The van der Waals surface area contributed by atoms with E-state index < -0.39 is 17.7 Å². The van der Waals surface area contributed by atoms with E-state index >= 15 is 0 Å². The number of nitrogens with one attached hydrogen (secondary N) is 2. The Morgan fingerprint density at radius 3 is 2.52 bits per heavy atom. The van der Waals surface area contributed by atoms with Crippen LogP contribution in [0.4, 0.5) is 4.79 Å². The Bertz CT molecular complexity index is 485. The molecule has 0 saturated carbocycles.